The third-order valence-corrected chi connectivity index (χ3v) is 4.26. The summed E-state index contributed by atoms with van der Waals surface area (Å²) in [5.41, 5.74) is 0.863. The summed E-state index contributed by atoms with van der Waals surface area (Å²) >= 11 is 0. The van der Waals surface area contributed by atoms with Crippen LogP contribution in [0.5, 0.6) is 0 Å². The van der Waals surface area contributed by atoms with Gasteiger partial charge in [0.25, 0.3) is 0 Å². The average molecular weight is 307 g/mol. The zero-order valence-electron chi connectivity index (χ0n) is 13.5. The van der Waals surface area contributed by atoms with Crippen molar-refractivity contribution in [1.82, 2.24) is 5.32 Å². The van der Waals surface area contributed by atoms with Gasteiger partial charge in [0.2, 0.25) is 5.91 Å². The monoisotopic (exact) mass is 307 g/mol. The van der Waals surface area contributed by atoms with Gasteiger partial charge in [0.1, 0.15) is 5.82 Å². The number of hydrogen-bond donors (Lipinski definition) is 1. The molecule has 1 fully saturated rings. The molecule has 1 aromatic rings. The summed E-state index contributed by atoms with van der Waals surface area (Å²) in [6.07, 6.45) is 4.97. The molecule has 0 bridgehead atoms. The van der Waals surface area contributed by atoms with Gasteiger partial charge in [-0.1, -0.05) is 19.1 Å². The second-order valence-electron chi connectivity index (χ2n) is 6.34. The number of benzene rings is 1. The van der Waals surface area contributed by atoms with E-state index in [4.69, 9.17) is 4.74 Å². The van der Waals surface area contributed by atoms with E-state index < -0.39 is 0 Å². The number of halogens is 1. The highest BCUT2D eigenvalue weighted by Crippen LogP contribution is 2.20. The van der Waals surface area contributed by atoms with E-state index in [1.807, 2.05) is 19.9 Å². The third-order valence-electron chi connectivity index (χ3n) is 4.26. The minimum absolute atomic E-state index is 0.0149. The van der Waals surface area contributed by atoms with Gasteiger partial charge in [-0.25, -0.2) is 4.39 Å². The van der Waals surface area contributed by atoms with Crippen molar-refractivity contribution in [3.8, 4) is 0 Å². The minimum Gasteiger partial charge on any atom is -0.378 e. The van der Waals surface area contributed by atoms with Crippen molar-refractivity contribution in [2.75, 3.05) is 6.61 Å². The molecule has 1 aromatic carbocycles. The van der Waals surface area contributed by atoms with Crippen LogP contribution in [0, 0.1) is 5.82 Å². The zero-order chi connectivity index (χ0) is 15.9. The van der Waals surface area contributed by atoms with Crippen LogP contribution in [0.15, 0.2) is 24.3 Å². The summed E-state index contributed by atoms with van der Waals surface area (Å²) in [5, 5.41) is 3.03. The number of hydrogen-bond acceptors (Lipinski definition) is 2. The van der Waals surface area contributed by atoms with Gasteiger partial charge < -0.3 is 10.1 Å². The second-order valence-corrected chi connectivity index (χ2v) is 6.34. The molecule has 0 aromatic heterocycles. The van der Waals surface area contributed by atoms with Gasteiger partial charge in [0.05, 0.1) is 6.10 Å². The zero-order valence-corrected chi connectivity index (χ0v) is 13.5. The smallest absolute Gasteiger partial charge is 0.220 e. The van der Waals surface area contributed by atoms with Gasteiger partial charge in [0.15, 0.2) is 0 Å². The molecule has 1 heterocycles. The lowest BCUT2D eigenvalue weighted by Gasteiger charge is -2.18. The Morgan fingerprint density at radius 1 is 1.45 bits per heavy atom. The molecule has 3 nitrogen and oxygen atoms in total. The fraction of sp³-hybridized carbons (Fsp3) is 0.611. The number of carbonyl (C=O) groups excluding carboxylic acids is 1. The van der Waals surface area contributed by atoms with Crippen molar-refractivity contribution in [2.45, 2.75) is 64.0 Å². The van der Waals surface area contributed by atoms with Gasteiger partial charge in [-0.15, -0.1) is 0 Å². The second kappa shape index (κ2) is 8.28. The van der Waals surface area contributed by atoms with Crippen LogP contribution in [0.2, 0.25) is 0 Å². The van der Waals surface area contributed by atoms with E-state index in [2.05, 4.69) is 5.32 Å². The van der Waals surface area contributed by atoms with E-state index in [0.29, 0.717) is 12.5 Å². The Kier molecular flexibility index (Phi) is 6.37. The van der Waals surface area contributed by atoms with E-state index >= 15 is 0 Å². The first kappa shape index (κ1) is 16.9. The van der Waals surface area contributed by atoms with Crippen molar-refractivity contribution in [3.05, 3.63) is 35.6 Å². The quantitative estimate of drug-likeness (QED) is 0.832. The maximum absolute atomic E-state index is 13.2. The Bertz CT molecular complexity index is 486. The Balaban J connectivity index is 1.72. The fourth-order valence-electron chi connectivity index (χ4n) is 2.92. The lowest BCUT2D eigenvalue weighted by atomic mass is 9.97. The molecule has 0 spiro atoms. The molecule has 1 saturated heterocycles. The summed E-state index contributed by atoms with van der Waals surface area (Å²) < 4.78 is 18.8. The summed E-state index contributed by atoms with van der Waals surface area (Å²) in [6.45, 7) is 4.85. The van der Waals surface area contributed by atoms with Crippen LogP contribution >= 0.6 is 0 Å². The lowest BCUT2D eigenvalue weighted by Crippen LogP contribution is -2.33. The number of ether oxygens (including phenoxy) is 1. The molecule has 2 rings (SSSR count). The van der Waals surface area contributed by atoms with Crippen molar-refractivity contribution in [2.24, 2.45) is 0 Å². The summed E-state index contributed by atoms with van der Waals surface area (Å²) in [5.74, 6) is -0.215. The van der Waals surface area contributed by atoms with Gasteiger partial charge in [-0.05, 0) is 56.2 Å². The number of amides is 1. The molecule has 1 aliphatic rings. The standard InChI is InChI=1S/C18H26FNO2/c1-13(15-5-3-6-16(19)12-15)11-18(21)20-14(2)8-9-17-7-4-10-22-17/h3,5-6,12-14,17H,4,7-11H2,1-2H3,(H,20,21)/t13-,14+,17-/m0/s1. The highest BCUT2D eigenvalue weighted by Gasteiger charge is 2.18. The highest BCUT2D eigenvalue weighted by molar-refractivity contribution is 5.77. The molecular formula is C18H26FNO2. The van der Waals surface area contributed by atoms with Crippen LogP contribution < -0.4 is 5.32 Å². The summed E-state index contributed by atoms with van der Waals surface area (Å²) in [4.78, 5) is 12.1. The van der Waals surface area contributed by atoms with Crippen LogP contribution in [0.25, 0.3) is 0 Å². The molecule has 0 unspecified atom stereocenters. The van der Waals surface area contributed by atoms with Gasteiger partial charge in [-0.3, -0.25) is 4.79 Å². The number of carbonyl (C=O) groups is 1. The summed E-state index contributed by atoms with van der Waals surface area (Å²) in [7, 11) is 0. The van der Waals surface area contributed by atoms with Crippen molar-refractivity contribution in [3.63, 3.8) is 0 Å². The molecule has 1 N–H and O–H groups in total. The van der Waals surface area contributed by atoms with E-state index in [1.54, 1.807) is 6.07 Å². The summed E-state index contributed by atoms with van der Waals surface area (Å²) in [6, 6.07) is 6.62. The van der Waals surface area contributed by atoms with Crippen molar-refractivity contribution >= 4 is 5.91 Å². The molecule has 1 amide bonds. The maximum Gasteiger partial charge on any atom is 0.220 e. The van der Waals surface area contributed by atoms with Gasteiger partial charge in [0, 0.05) is 19.1 Å². The van der Waals surface area contributed by atoms with Crippen LogP contribution in [-0.4, -0.2) is 24.7 Å². The van der Waals surface area contributed by atoms with Gasteiger partial charge >= 0.3 is 0 Å². The molecule has 0 aliphatic carbocycles. The lowest BCUT2D eigenvalue weighted by molar-refractivity contribution is -0.122. The minimum atomic E-state index is -0.255. The van der Waals surface area contributed by atoms with Crippen molar-refractivity contribution in [1.29, 1.82) is 0 Å². The van der Waals surface area contributed by atoms with E-state index in [1.165, 1.54) is 12.1 Å². The molecule has 0 radical (unpaired) electrons. The largest absolute Gasteiger partial charge is 0.378 e. The third kappa shape index (κ3) is 5.41. The van der Waals surface area contributed by atoms with E-state index in [9.17, 15) is 9.18 Å². The molecule has 0 saturated carbocycles. The molecule has 22 heavy (non-hydrogen) atoms. The number of nitrogens with one attached hydrogen (secondary N) is 1. The molecule has 3 atom stereocenters. The van der Waals surface area contributed by atoms with Crippen LogP contribution in [0.3, 0.4) is 0 Å². The SMILES string of the molecule is C[C@H](CC[C@@H]1CCCO1)NC(=O)C[C@H](C)c1cccc(F)c1. The normalized spacial score (nSPS) is 20.6. The highest BCUT2D eigenvalue weighted by atomic mass is 19.1. The Labute approximate surface area is 132 Å². The predicted molar refractivity (Wildman–Crippen MR) is 85.2 cm³/mol. The van der Waals surface area contributed by atoms with E-state index in [-0.39, 0.29) is 23.7 Å². The maximum atomic E-state index is 13.2. The topological polar surface area (TPSA) is 38.3 Å². The molecular weight excluding hydrogens is 281 g/mol. The first-order valence-electron chi connectivity index (χ1n) is 8.21. The van der Waals surface area contributed by atoms with Crippen LogP contribution in [0.4, 0.5) is 4.39 Å². The fourth-order valence-corrected chi connectivity index (χ4v) is 2.92. The Morgan fingerprint density at radius 2 is 2.27 bits per heavy atom. The first-order chi connectivity index (χ1) is 10.5. The van der Waals surface area contributed by atoms with Gasteiger partial charge in [-0.2, -0.15) is 0 Å². The molecule has 122 valence electrons. The number of rotatable bonds is 7. The average Bonchev–Trinajstić information content (AvgIpc) is 2.98. The first-order valence-corrected chi connectivity index (χ1v) is 8.21. The Morgan fingerprint density at radius 3 is 2.95 bits per heavy atom. The molecule has 1 aliphatic heterocycles. The van der Waals surface area contributed by atoms with Crippen molar-refractivity contribution < 1.29 is 13.9 Å². The molecule has 4 heteroatoms. The predicted octanol–water partition coefficient (Wildman–Crippen LogP) is 3.78. The van der Waals surface area contributed by atoms with E-state index in [0.717, 1.165) is 37.9 Å². The van der Waals surface area contributed by atoms with Crippen LogP contribution in [-0.2, 0) is 9.53 Å². The Hall–Kier alpha value is -1.42. The van der Waals surface area contributed by atoms with Crippen LogP contribution in [0.1, 0.15) is 57.4 Å².